The minimum Gasteiger partial charge on any atom is -0.388 e. The quantitative estimate of drug-likeness (QED) is 0.749. The van der Waals surface area contributed by atoms with Crippen molar-refractivity contribution in [2.45, 2.75) is 44.9 Å². The van der Waals surface area contributed by atoms with Gasteiger partial charge in [-0.3, -0.25) is 5.10 Å². The highest BCUT2D eigenvalue weighted by atomic mass is 16.5. The number of nitrogens with one attached hydrogen (secondary N) is 1. The van der Waals surface area contributed by atoms with E-state index in [1.807, 2.05) is 13.8 Å². The average molecular weight is 289 g/mol. The number of nitrogens with zero attached hydrogens (tertiary/aromatic N) is 4. The Morgan fingerprint density at radius 2 is 2.29 bits per heavy atom. The van der Waals surface area contributed by atoms with Gasteiger partial charge in [0.2, 0.25) is 0 Å². The van der Waals surface area contributed by atoms with E-state index in [1.165, 1.54) is 0 Å². The first-order valence-electron chi connectivity index (χ1n) is 7.32. The smallest absolute Gasteiger partial charge is 0.186 e. The lowest BCUT2D eigenvalue weighted by molar-refractivity contribution is 0.0191. The number of piperidine rings is 1. The molecule has 4 rings (SSSR count). The molecule has 2 aliphatic heterocycles. The summed E-state index contributed by atoms with van der Waals surface area (Å²) in [5.74, 6) is 1.57. The SMILES string of the molecule is Cc1nc2c3c([nH]nc3n1)COCC1CCC(C)(O)CN21. The summed E-state index contributed by atoms with van der Waals surface area (Å²) in [6.45, 7) is 5.44. The van der Waals surface area contributed by atoms with Crippen molar-refractivity contribution in [1.29, 1.82) is 0 Å². The van der Waals surface area contributed by atoms with Crippen LogP contribution < -0.4 is 4.90 Å². The van der Waals surface area contributed by atoms with Gasteiger partial charge < -0.3 is 14.7 Å². The topological polar surface area (TPSA) is 87.2 Å². The zero-order valence-electron chi connectivity index (χ0n) is 12.3. The van der Waals surface area contributed by atoms with Crippen LogP contribution in [0, 0.1) is 6.92 Å². The van der Waals surface area contributed by atoms with Gasteiger partial charge in [-0.2, -0.15) is 5.10 Å². The maximum Gasteiger partial charge on any atom is 0.186 e. The van der Waals surface area contributed by atoms with Gasteiger partial charge in [0.1, 0.15) is 11.6 Å². The Bertz CT molecular complexity index is 696. The first-order chi connectivity index (χ1) is 10.0. The molecule has 1 fully saturated rings. The van der Waals surface area contributed by atoms with Gasteiger partial charge in [-0.15, -0.1) is 0 Å². The van der Waals surface area contributed by atoms with Crippen LogP contribution >= 0.6 is 0 Å². The Morgan fingerprint density at radius 1 is 1.43 bits per heavy atom. The molecular formula is C14H19N5O2. The third-order valence-corrected chi connectivity index (χ3v) is 4.38. The zero-order valence-corrected chi connectivity index (χ0v) is 12.3. The van der Waals surface area contributed by atoms with E-state index in [1.54, 1.807) is 0 Å². The zero-order chi connectivity index (χ0) is 14.6. The van der Waals surface area contributed by atoms with E-state index in [4.69, 9.17) is 4.74 Å². The van der Waals surface area contributed by atoms with Crippen LogP contribution in [0.15, 0.2) is 0 Å². The van der Waals surface area contributed by atoms with Crippen molar-refractivity contribution in [2.24, 2.45) is 0 Å². The van der Waals surface area contributed by atoms with Gasteiger partial charge in [0, 0.05) is 6.54 Å². The van der Waals surface area contributed by atoms with Crippen LogP contribution in [0.4, 0.5) is 5.82 Å². The average Bonchev–Trinajstić information content (AvgIpc) is 2.80. The summed E-state index contributed by atoms with van der Waals surface area (Å²) in [5.41, 5.74) is 0.871. The molecule has 2 aromatic heterocycles. The Morgan fingerprint density at radius 3 is 3.14 bits per heavy atom. The Kier molecular flexibility index (Phi) is 2.71. The second-order valence-corrected chi connectivity index (χ2v) is 6.33. The Balaban J connectivity index is 1.92. The van der Waals surface area contributed by atoms with E-state index in [0.717, 1.165) is 29.7 Å². The minimum atomic E-state index is -0.704. The lowest BCUT2D eigenvalue weighted by Crippen LogP contribution is -2.53. The number of hydrogen-bond donors (Lipinski definition) is 2. The van der Waals surface area contributed by atoms with Crippen molar-refractivity contribution in [1.82, 2.24) is 20.2 Å². The van der Waals surface area contributed by atoms with Crippen molar-refractivity contribution in [2.75, 3.05) is 18.1 Å². The molecule has 1 saturated heterocycles. The van der Waals surface area contributed by atoms with Crippen LogP contribution in [-0.2, 0) is 11.3 Å². The van der Waals surface area contributed by atoms with Gasteiger partial charge in [-0.25, -0.2) is 9.97 Å². The molecule has 0 bridgehead atoms. The molecule has 2 atom stereocenters. The fourth-order valence-corrected chi connectivity index (χ4v) is 3.31. The third-order valence-electron chi connectivity index (χ3n) is 4.38. The van der Waals surface area contributed by atoms with Gasteiger partial charge >= 0.3 is 0 Å². The van der Waals surface area contributed by atoms with E-state index in [2.05, 4.69) is 25.1 Å². The second kappa shape index (κ2) is 4.38. The molecule has 0 aliphatic carbocycles. The van der Waals surface area contributed by atoms with Crippen LogP contribution in [0.3, 0.4) is 0 Å². The first-order valence-corrected chi connectivity index (χ1v) is 7.32. The van der Waals surface area contributed by atoms with Crippen molar-refractivity contribution in [3.63, 3.8) is 0 Å². The molecule has 0 radical (unpaired) electrons. The number of fused-ring (bicyclic) bond motifs is 2. The number of aliphatic hydroxyl groups is 1. The summed E-state index contributed by atoms with van der Waals surface area (Å²) in [5, 5.41) is 18.6. The first kappa shape index (κ1) is 13.0. The molecule has 0 spiro atoms. The largest absolute Gasteiger partial charge is 0.388 e. The number of H-pyrrole nitrogens is 1. The molecule has 0 aromatic carbocycles. The van der Waals surface area contributed by atoms with E-state index >= 15 is 0 Å². The molecule has 7 nitrogen and oxygen atoms in total. The molecule has 7 heteroatoms. The summed E-state index contributed by atoms with van der Waals surface area (Å²) >= 11 is 0. The monoisotopic (exact) mass is 289 g/mol. The minimum absolute atomic E-state index is 0.241. The highest BCUT2D eigenvalue weighted by Gasteiger charge is 2.37. The Hall–Kier alpha value is -1.73. The van der Waals surface area contributed by atoms with Crippen molar-refractivity contribution in [3.05, 3.63) is 11.5 Å². The van der Waals surface area contributed by atoms with E-state index in [-0.39, 0.29) is 6.04 Å². The number of rotatable bonds is 0. The molecule has 4 heterocycles. The summed E-state index contributed by atoms with van der Waals surface area (Å²) < 4.78 is 5.80. The van der Waals surface area contributed by atoms with Crippen LogP contribution in [0.2, 0.25) is 0 Å². The molecule has 0 amide bonds. The molecule has 2 N–H and O–H groups in total. The fraction of sp³-hybridized carbons (Fsp3) is 0.643. The lowest BCUT2D eigenvalue weighted by atomic mass is 9.90. The standard InChI is InChI=1S/C14H19N5O2/c1-8-15-12-11-10(17-18-12)6-21-5-9-3-4-14(2,20)7-19(9)13(11)16-8/h9,20H,3-7H2,1-2H3,(H,15,16,17,18). The number of aromatic nitrogens is 4. The Labute approximate surface area is 122 Å². The number of hydrogen-bond acceptors (Lipinski definition) is 6. The van der Waals surface area contributed by atoms with E-state index in [0.29, 0.717) is 31.2 Å². The number of aromatic amines is 1. The van der Waals surface area contributed by atoms with Gasteiger partial charge in [0.25, 0.3) is 0 Å². The summed E-state index contributed by atoms with van der Waals surface area (Å²) in [6, 6.07) is 0.241. The fourth-order valence-electron chi connectivity index (χ4n) is 3.31. The lowest BCUT2D eigenvalue weighted by Gasteiger charge is -2.44. The second-order valence-electron chi connectivity index (χ2n) is 6.33. The predicted octanol–water partition coefficient (Wildman–Crippen LogP) is 0.911. The van der Waals surface area contributed by atoms with Gasteiger partial charge in [0.05, 0.1) is 35.9 Å². The molecule has 2 unspecified atom stereocenters. The van der Waals surface area contributed by atoms with Crippen LogP contribution in [0.5, 0.6) is 0 Å². The normalized spacial score (nSPS) is 29.1. The highest BCUT2D eigenvalue weighted by Crippen LogP contribution is 2.35. The van der Waals surface area contributed by atoms with Crippen LogP contribution in [-0.4, -0.2) is 50.1 Å². The number of ether oxygens (including phenoxy) is 1. The molecule has 112 valence electrons. The van der Waals surface area contributed by atoms with Crippen molar-refractivity contribution >= 4 is 16.9 Å². The summed E-state index contributed by atoms with van der Waals surface area (Å²) in [4.78, 5) is 11.2. The number of aryl methyl sites for hydroxylation is 1. The van der Waals surface area contributed by atoms with E-state index < -0.39 is 5.60 Å². The summed E-state index contributed by atoms with van der Waals surface area (Å²) in [7, 11) is 0. The van der Waals surface area contributed by atoms with Gasteiger partial charge in [-0.1, -0.05) is 0 Å². The molecule has 21 heavy (non-hydrogen) atoms. The maximum absolute atomic E-state index is 10.4. The molecular weight excluding hydrogens is 270 g/mol. The predicted molar refractivity (Wildman–Crippen MR) is 77.1 cm³/mol. The van der Waals surface area contributed by atoms with Crippen LogP contribution in [0.25, 0.3) is 11.0 Å². The summed E-state index contributed by atoms with van der Waals surface area (Å²) in [6.07, 6.45) is 1.67. The van der Waals surface area contributed by atoms with Gasteiger partial charge in [-0.05, 0) is 26.7 Å². The van der Waals surface area contributed by atoms with Gasteiger partial charge in [0.15, 0.2) is 5.65 Å². The maximum atomic E-state index is 10.4. The number of anilines is 1. The molecule has 2 aliphatic rings. The third kappa shape index (κ3) is 2.08. The molecule has 0 saturated carbocycles. The van der Waals surface area contributed by atoms with Crippen molar-refractivity contribution in [3.8, 4) is 0 Å². The van der Waals surface area contributed by atoms with E-state index in [9.17, 15) is 5.11 Å². The highest BCUT2D eigenvalue weighted by molar-refractivity contribution is 5.90. The molecule has 2 aromatic rings. The van der Waals surface area contributed by atoms with Crippen LogP contribution in [0.1, 0.15) is 31.3 Å². The van der Waals surface area contributed by atoms with Crippen molar-refractivity contribution < 1.29 is 9.84 Å².